The van der Waals surface area contributed by atoms with Gasteiger partial charge in [-0.1, -0.05) is 13.0 Å². The van der Waals surface area contributed by atoms with E-state index >= 15 is 0 Å². The van der Waals surface area contributed by atoms with Crippen LogP contribution >= 0.6 is 0 Å². The molecule has 0 aromatic rings. The molecule has 2 rings (SSSR count). The lowest BCUT2D eigenvalue weighted by Gasteiger charge is -2.17. The Morgan fingerprint density at radius 1 is 1.36 bits per heavy atom. The van der Waals surface area contributed by atoms with Crippen LogP contribution in [0.5, 0.6) is 0 Å². The van der Waals surface area contributed by atoms with Gasteiger partial charge >= 0.3 is 0 Å². The van der Waals surface area contributed by atoms with Crippen LogP contribution in [0.1, 0.15) is 20.3 Å². The molecule has 0 aromatic heterocycles. The minimum absolute atomic E-state index is 0.00722. The van der Waals surface area contributed by atoms with Crippen molar-refractivity contribution in [1.82, 2.24) is 5.32 Å². The number of carbonyl (C=O) groups is 2. The summed E-state index contributed by atoms with van der Waals surface area (Å²) in [5.74, 6) is -0.138. The van der Waals surface area contributed by atoms with Gasteiger partial charge in [-0.05, 0) is 25.0 Å². The Morgan fingerprint density at radius 3 is 2.71 bits per heavy atom. The SMILES string of the molecule is CCC1C(=O)C=CC2=C1NC(=O)C2C. The lowest BCUT2D eigenvalue weighted by molar-refractivity contribution is -0.121. The largest absolute Gasteiger partial charge is 0.328 e. The predicted molar refractivity (Wildman–Crippen MR) is 52.3 cm³/mol. The van der Waals surface area contributed by atoms with Crippen molar-refractivity contribution in [1.29, 1.82) is 0 Å². The number of hydrogen-bond donors (Lipinski definition) is 1. The lowest BCUT2D eigenvalue weighted by atomic mass is 9.87. The van der Waals surface area contributed by atoms with Crippen molar-refractivity contribution in [3.8, 4) is 0 Å². The molecule has 0 aromatic carbocycles. The van der Waals surface area contributed by atoms with Gasteiger partial charge in [-0.15, -0.1) is 0 Å². The van der Waals surface area contributed by atoms with Crippen LogP contribution in [0.2, 0.25) is 0 Å². The third-order valence-corrected chi connectivity index (χ3v) is 2.96. The van der Waals surface area contributed by atoms with Gasteiger partial charge in [-0.3, -0.25) is 9.59 Å². The van der Waals surface area contributed by atoms with Crippen molar-refractivity contribution in [2.45, 2.75) is 20.3 Å². The number of ketones is 1. The second-order valence-electron chi connectivity index (χ2n) is 3.78. The molecule has 0 fully saturated rings. The molecule has 1 amide bonds. The molecule has 1 aliphatic heterocycles. The minimum Gasteiger partial charge on any atom is -0.328 e. The van der Waals surface area contributed by atoms with Gasteiger partial charge in [0, 0.05) is 5.70 Å². The van der Waals surface area contributed by atoms with E-state index < -0.39 is 0 Å². The van der Waals surface area contributed by atoms with Crippen LogP contribution in [-0.2, 0) is 9.59 Å². The van der Waals surface area contributed by atoms with Gasteiger partial charge in [0.25, 0.3) is 0 Å². The first-order valence-electron chi connectivity index (χ1n) is 4.92. The van der Waals surface area contributed by atoms with Crippen molar-refractivity contribution < 1.29 is 9.59 Å². The van der Waals surface area contributed by atoms with Gasteiger partial charge in [-0.25, -0.2) is 0 Å². The summed E-state index contributed by atoms with van der Waals surface area (Å²) >= 11 is 0. The van der Waals surface area contributed by atoms with Crippen LogP contribution in [0, 0.1) is 11.8 Å². The summed E-state index contributed by atoms with van der Waals surface area (Å²) in [6.45, 7) is 3.83. The van der Waals surface area contributed by atoms with E-state index in [-0.39, 0.29) is 23.5 Å². The average molecular weight is 191 g/mol. The van der Waals surface area contributed by atoms with Crippen molar-refractivity contribution in [3.05, 3.63) is 23.4 Å². The molecule has 0 bridgehead atoms. The van der Waals surface area contributed by atoms with Gasteiger partial charge in [0.2, 0.25) is 5.91 Å². The van der Waals surface area contributed by atoms with Crippen LogP contribution in [0.25, 0.3) is 0 Å². The van der Waals surface area contributed by atoms with Gasteiger partial charge < -0.3 is 5.32 Å². The minimum atomic E-state index is -0.135. The molecule has 14 heavy (non-hydrogen) atoms. The maximum atomic E-state index is 11.5. The Kier molecular flexibility index (Phi) is 2.02. The van der Waals surface area contributed by atoms with Crippen LogP contribution in [-0.4, -0.2) is 11.7 Å². The first kappa shape index (κ1) is 9.19. The van der Waals surface area contributed by atoms with E-state index in [9.17, 15) is 9.59 Å². The van der Waals surface area contributed by atoms with Crippen molar-refractivity contribution >= 4 is 11.7 Å². The summed E-state index contributed by atoms with van der Waals surface area (Å²) < 4.78 is 0. The highest BCUT2D eigenvalue weighted by Crippen LogP contribution is 2.32. The number of hydrogen-bond acceptors (Lipinski definition) is 2. The highest BCUT2D eigenvalue weighted by molar-refractivity contribution is 6.00. The van der Waals surface area contributed by atoms with Gasteiger partial charge in [-0.2, -0.15) is 0 Å². The van der Waals surface area contributed by atoms with Gasteiger partial charge in [0.05, 0.1) is 11.8 Å². The van der Waals surface area contributed by atoms with Crippen molar-refractivity contribution in [3.63, 3.8) is 0 Å². The fourth-order valence-electron chi connectivity index (χ4n) is 2.05. The topological polar surface area (TPSA) is 46.2 Å². The molecule has 74 valence electrons. The van der Waals surface area contributed by atoms with Crippen LogP contribution in [0.4, 0.5) is 0 Å². The predicted octanol–water partition coefficient (Wildman–Crippen LogP) is 1.17. The molecule has 2 atom stereocenters. The highest BCUT2D eigenvalue weighted by Gasteiger charge is 2.35. The zero-order valence-electron chi connectivity index (χ0n) is 8.33. The van der Waals surface area contributed by atoms with E-state index in [0.29, 0.717) is 0 Å². The highest BCUT2D eigenvalue weighted by atomic mass is 16.2. The Hall–Kier alpha value is -1.38. The quantitative estimate of drug-likeness (QED) is 0.676. The number of amides is 1. The maximum Gasteiger partial charge on any atom is 0.231 e. The molecule has 0 saturated carbocycles. The van der Waals surface area contributed by atoms with E-state index in [1.165, 1.54) is 0 Å². The van der Waals surface area contributed by atoms with Crippen LogP contribution in [0.15, 0.2) is 23.4 Å². The summed E-state index contributed by atoms with van der Waals surface area (Å²) in [5.41, 5.74) is 1.82. The molecule has 0 radical (unpaired) electrons. The molecular weight excluding hydrogens is 178 g/mol. The molecule has 2 unspecified atom stereocenters. The zero-order chi connectivity index (χ0) is 10.3. The van der Waals surface area contributed by atoms with Crippen molar-refractivity contribution in [2.75, 3.05) is 0 Å². The Bertz CT molecular complexity index is 365. The average Bonchev–Trinajstić information content (AvgIpc) is 2.43. The molecule has 1 heterocycles. The first-order chi connectivity index (χ1) is 6.65. The Morgan fingerprint density at radius 2 is 2.07 bits per heavy atom. The number of carbonyl (C=O) groups excluding carboxylic acids is 2. The Labute approximate surface area is 82.9 Å². The Balaban J connectivity index is 2.41. The molecule has 0 spiro atoms. The van der Waals surface area contributed by atoms with Crippen LogP contribution in [0.3, 0.4) is 0 Å². The number of nitrogens with one attached hydrogen (secondary N) is 1. The normalized spacial score (nSPS) is 30.7. The van der Waals surface area contributed by atoms with E-state index in [2.05, 4.69) is 5.32 Å². The number of rotatable bonds is 1. The summed E-state index contributed by atoms with van der Waals surface area (Å²) in [4.78, 5) is 22.9. The van der Waals surface area contributed by atoms with Gasteiger partial charge in [0.15, 0.2) is 5.78 Å². The summed E-state index contributed by atoms with van der Waals surface area (Å²) in [6, 6.07) is 0. The third kappa shape index (κ3) is 1.12. The summed E-state index contributed by atoms with van der Waals surface area (Å²) in [5, 5.41) is 2.81. The molecule has 2 aliphatic rings. The fourth-order valence-corrected chi connectivity index (χ4v) is 2.05. The van der Waals surface area contributed by atoms with E-state index in [1.54, 1.807) is 12.2 Å². The van der Waals surface area contributed by atoms with E-state index in [0.717, 1.165) is 17.7 Å². The molecular formula is C11H13NO2. The standard InChI is InChI=1S/C11H13NO2/c1-3-7-9(13)5-4-8-6(2)11(14)12-10(7)8/h4-7H,3H2,1-2H3,(H,12,14). The second kappa shape index (κ2) is 3.08. The fraction of sp³-hybridized carbons (Fsp3) is 0.455. The molecule has 3 nitrogen and oxygen atoms in total. The van der Waals surface area contributed by atoms with Gasteiger partial charge in [0.1, 0.15) is 0 Å². The van der Waals surface area contributed by atoms with Crippen LogP contribution < -0.4 is 5.32 Å². The number of allylic oxidation sites excluding steroid dienone is 3. The van der Waals surface area contributed by atoms with Crippen molar-refractivity contribution in [2.24, 2.45) is 11.8 Å². The molecule has 0 saturated heterocycles. The van der Waals surface area contributed by atoms with E-state index in [4.69, 9.17) is 0 Å². The molecule has 1 aliphatic carbocycles. The first-order valence-corrected chi connectivity index (χ1v) is 4.92. The zero-order valence-corrected chi connectivity index (χ0v) is 8.33. The van der Waals surface area contributed by atoms with E-state index in [1.807, 2.05) is 13.8 Å². The molecule has 1 N–H and O–H groups in total. The third-order valence-electron chi connectivity index (χ3n) is 2.96. The summed E-state index contributed by atoms with van der Waals surface area (Å²) in [6.07, 6.45) is 4.10. The summed E-state index contributed by atoms with van der Waals surface area (Å²) in [7, 11) is 0. The molecule has 3 heteroatoms. The smallest absolute Gasteiger partial charge is 0.231 e. The second-order valence-corrected chi connectivity index (χ2v) is 3.78. The lowest BCUT2D eigenvalue weighted by Crippen LogP contribution is -2.26. The monoisotopic (exact) mass is 191 g/mol. The maximum absolute atomic E-state index is 11.5.